The molecule has 0 fully saturated rings. The van der Waals surface area contributed by atoms with Gasteiger partial charge in [0.05, 0.1) is 11.3 Å². The molecule has 0 aliphatic carbocycles. The Morgan fingerprint density at radius 2 is 1.78 bits per heavy atom. The first-order valence-electron chi connectivity index (χ1n) is 8.81. The third-order valence-electron chi connectivity index (χ3n) is 4.08. The normalized spacial score (nSPS) is 11.2. The Balaban J connectivity index is 1.91. The quantitative estimate of drug-likeness (QED) is 0.407. The van der Waals surface area contributed by atoms with Gasteiger partial charge in [-0.15, -0.1) is 13.2 Å². The van der Waals surface area contributed by atoms with Crippen LogP contribution in [0.5, 0.6) is 0 Å². The zero-order valence-corrected chi connectivity index (χ0v) is 16.7. The summed E-state index contributed by atoms with van der Waals surface area (Å²) < 4.78 is 54.4. The Morgan fingerprint density at radius 1 is 1.09 bits per heavy atom. The van der Waals surface area contributed by atoms with Crippen molar-refractivity contribution in [1.29, 1.82) is 0 Å². The molecule has 12 heteroatoms. The monoisotopic (exact) mass is 468 g/mol. The number of nitrogens with zero attached hydrogens (tertiary/aromatic N) is 3. The van der Waals surface area contributed by atoms with Crippen molar-refractivity contribution < 1.29 is 32.3 Å². The highest BCUT2D eigenvalue weighted by Crippen LogP contribution is 2.36. The number of rotatable bonds is 6. The Kier molecular flexibility index (Phi) is 6.58. The lowest BCUT2D eigenvalue weighted by atomic mass is 10.2. The molecule has 1 heterocycles. The van der Waals surface area contributed by atoms with Crippen LogP contribution in [0.2, 0.25) is 5.02 Å². The average molecular weight is 469 g/mol. The van der Waals surface area contributed by atoms with Crippen LogP contribution in [0.15, 0.2) is 54.7 Å². The smallest absolute Gasteiger partial charge is 0.478 e. The lowest BCUT2D eigenvalue weighted by Gasteiger charge is -2.25. The maximum Gasteiger partial charge on any atom is 0.491 e. The van der Waals surface area contributed by atoms with Crippen LogP contribution in [0.25, 0.3) is 0 Å². The van der Waals surface area contributed by atoms with E-state index in [1.807, 2.05) is 0 Å². The van der Waals surface area contributed by atoms with Crippen LogP contribution in [0.1, 0.15) is 26.4 Å². The van der Waals surface area contributed by atoms with Gasteiger partial charge in [-0.2, -0.15) is 0 Å². The number of carbonyl (C=O) groups excluding carboxylic acids is 1. The maximum absolute atomic E-state index is 13.8. The molecule has 3 aromatic rings. The van der Waals surface area contributed by atoms with E-state index in [1.54, 1.807) is 0 Å². The van der Waals surface area contributed by atoms with Gasteiger partial charge in [0, 0.05) is 17.8 Å². The summed E-state index contributed by atoms with van der Waals surface area (Å²) in [5, 5.41) is 11.3. The van der Waals surface area contributed by atoms with E-state index in [2.05, 4.69) is 15.3 Å². The van der Waals surface area contributed by atoms with E-state index in [9.17, 15) is 27.2 Å². The van der Waals surface area contributed by atoms with E-state index in [4.69, 9.17) is 16.7 Å². The maximum atomic E-state index is 13.8. The van der Waals surface area contributed by atoms with Crippen molar-refractivity contribution >= 4 is 35.1 Å². The number of amides is 1. The average Bonchev–Trinajstić information content (AvgIpc) is 2.72. The van der Waals surface area contributed by atoms with Gasteiger partial charge in [0.1, 0.15) is 11.5 Å². The molecule has 0 aliphatic heterocycles. The number of aromatic carboxylic acids is 1. The predicted octanol–water partition coefficient (Wildman–Crippen LogP) is 4.56. The molecule has 166 valence electrons. The number of anilines is 2. The number of aromatic nitrogens is 2. The van der Waals surface area contributed by atoms with Crippen molar-refractivity contribution in [2.24, 2.45) is 0 Å². The molecule has 2 N–H and O–H groups in total. The Morgan fingerprint density at radius 3 is 2.41 bits per heavy atom. The zero-order chi connectivity index (χ0) is 23.5. The van der Waals surface area contributed by atoms with Crippen LogP contribution in [0.3, 0.4) is 0 Å². The molecule has 0 radical (unpaired) electrons. The van der Waals surface area contributed by atoms with Gasteiger partial charge < -0.3 is 10.4 Å². The number of nitrogens with one attached hydrogen (secondary N) is 1. The highest BCUT2D eigenvalue weighted by molar-refractivity contribution is 6.31. The molecule has 0 bridgehead atoms. The molecular formula is C20H13ClF4N4O3. The van der Waals surface area contributed by atoms with Crippen molar-refractivity contribution in [3.63, 3.8) is 0 Å². The number of carboxylic acid groups (broad SMARTS) is 1. The van der Waals surface area contributed by atoms with Crippen LogP contribution in [-0.2, 0) is 6.54 Å². The number of hydrogen-bond acceptors (Lipinski definition) is 5. The molecule has 1 amide bonds. The van der Waals surface area contributed by atoms with Crippen molar-refractivity contribution in [2.45, 2.75) is 12.8 Å². The van der Waals surface area contributed by atoms with Gasteiger partial charge in [-0.3, -0.25) is 4.79 Å². The van der Waals surface area contributed by atoms with Crippen LogP contribution >= 0.6 is 11.6 Å². The lowest BCUT2D eigenvalue weighted by molar-refractivity contribution is -0.121. The van der Waals surface area contributed by atoms with Gasteiger partial charge in [-0.05, 0) is 42.0 Å². The minimum absolute atomic E-state index is 0.0162. The van der Waals surface area contributed by atoms with Gasteiger partial charge in [-0.1, -0.05) is 23.7 Å². The van der Waals surface area contributed by atoms with Gasteiger partial charge in [0.25, 0.3) is 5.91 Å². The number of alkyl halides is 3. The summed E-state index contributed by atoms with van der Waals surface area (Å²) in [6.07, 6.45) is -4.11. The standard InChI is InChI=1S/C20H13ClF4N4O3/c21-13-7-12(18(31)32)8-15(9-13)29(20(23,24)25)19-26-6-5-16(28-19)17(30)27-10-11-1-3-14(22)4-2-11/h1-9H,10H2,(H,27,30)(H,31,32). The number of halogens is 5. The van der Waals surface area contributed by atoms with Crippen molar-refractivity contribution in [2.75, 3.05) is 4.90 Å². The van der Waals surface area contributed by atoms with Crippen LogP contribution in [-0.4, -0.2) is 33.3 Å². The molecule has 0 unspecified atom stereocenters. The summed E-state index contributed by atoms with van der Waals surface area (Å²) in [6.45, 7) is -0.0162. The van der Waals surface area contributed by atoms with Gasteiger partial charge in [0.15, 0.2) is 0 Å². The molecule has 2 aromatic carbocycles. The third kappa shape index (κ3) is 5.49. The van der Waals surface area contributed by atoms with Crippen LogP contribution in [0.4, 0.5) is 29.2 Å². The largest absolute Gasteiger partial charge is 0.491 e. The van der Waals surface area contributed by atoms with Gasteiger partial charge in [-0.25, -0.2) is 24.1 Å². The summed E-state index contributed by atoms with van der Waals surface area (Å²) >= 11 is 5.78. The minimum atomic E-state index is -5.07. The van der Waals surface area contributed by atoms with Crippen molar-refractivity contribution in [3.8, 4) is 0 Å². The van der Waals surface area contributed by atoms with E-state index in [1.165, 1.54) is 24.3 Å². The zero-order valence-electron chi connectivity index (χ0n) is 15.9. The third-order valence-corrected chi connectivity index (χ3v) is 4.30. The summed E-state index contributed by atoms with van der Waals surface area (Å²) in [6, 6.07) is 9.01. The lowest BCUT2D eigenvalue weighted by Crippen LogP contribution is -2.36. The highest BCUT2D eigenvalue weighted by Gasteiger charge is 2.41. The van der Waals surface area contributed by atoms with E-state index in [0.29, 0.717) is 5.56 Å². The predicted molar refractivity (Wildman–Crippen MR) is 106 cm³/mol. The molecule has 0 aliphatic rings. The SMILES string of the molecule is O=C(O)c1cc(Cl)cc(N(c2nccc(C(=O)NCc3ccc(F)cc3)n2)C(F)(F)F)c1. The van der Waals surface area contributed by atoms with E-state index >= 15 is 0 Å². The fourth-order valence-electron chi connectivity index (χ4n) is 2.66. The molecule has 0 saturated carbocycles. The molecule has 0 spiro atoms. The summed E-state index contributed by atoms with van der Waals surface area (Å²) in [4.78, 5) is 30.5. The van der Waals surface area contributed by atoms with Crippen molar-refractivity contribution in [3.05, 3.63) is 82.4 Å². The van der Waals surface area contributed by atoms with E-state index in [0.717, 1.165) is 30.5 Å². The molecule has 0 atom stereocenters. The molecular weight excluding hydrogens is 456 g/mol. The summed E-state index contributed by atoms with van der Waals surface area (Å²) in [5.74, 6) is -3.64. The second-order valence-corrected chi connectivity index (χ2v) is 6.79. The first-order chi connectivity index (χ1) is 15.0. The van der Waals surface area contributed by atoms with Crippen LogP contribution in [0, 0.1) is 5.82 Å². The second kappa shape index (κ2) is 9.18. The molecule has 0 saturated heterocycles. The van der Waals surface area contributed by atoms with Crippen molar-refractivity contribution in [1.82, 2.24) is 15.3 Å². The Bertz CT molecular complexity index is 1160. The summed E-state index contributed by atoms with van der Waals surface area (Å²) in [7, 11) is 0. The highest BCUT2D eigenvalue weighted by atomic mass is 35.5. The van der Waals surface area contributed by atoms with Gasteiger partial charge in [0.2, 0.25) is 5.95 Å². The first-order valence-corrected chi connectivity index (χ1v) is 9.19. The fourth-order valence-corrected chi connectivity index (χ4v) is 2.89. The second-order valence-electron chi connectivity index (χ2n) is 6.36. The topological polar surface area (TPSA) is 95.4 Å². The number of benzene rings is 2. The fraction of sp³-hybridized carbons (Fsp3) is 0.100. The van der Waals surface area contributed by atoms with E-state index in [-0.39, 0.29) is 22.2 Å². The molecule has 1 aromatic heterocycles. The van der Waals surface area contributed by atoms with E-state index < -0.39 is 41.2 Å². The summed E-state index contributed by atoms with van der Waals surface area (Å²) in [5.41, 5.74) is -0.931. The van der Waals surface area contributed by atoms with Gasteiger partial charge >= 0.3 is 12.3 Å². The molecule has 7 nitrogen and oxygen atoms in total. The minimum Gasteiger partial charge on any atom is -0.478 e. The molecule has 3 rings (SSSR count). The van der Waals surface area contributed by atoms with Crippen LogP contribution < -0.4 is 10.2 Å². The number of carbonyl (C=O) groups is 2. The Hall–Kier alpha value is -3.73. The first kappa shape index (κ1) is 22.9. The Labute approximate surface area is 183 Å². The molecule has 32 heavy (non-hydrogen) atoms. The number of hydrogen-bond donors (Lipinski definition) is 2. The number of carboxylic acids is 1.